The maximum absolute atomic E-state index is 5.93. The van der Waals surface area contributed by atoms with Crippen molar-refractivity contribution >= 4 is 5.82 Å². The molecule has 0 amide bonds. The number of nitrogens with zero attached hydrogens (tertiary/aromatic N) is 2. The van der Waals surface area contributed by atoms with Crippen molar-refractivity contribution in [2.75, 3.05) is 12.3 Å². The third-order valence-corrected chi connectivity index (χ3v) is 2.50. The number of nitrogens with two attached hydrogens (primary N) is 1. The average molecular weight is 231 g/mol. The van der Waals surface area contributed by atoms with E-state index in [4.69, 9.17) is 10.5 Å². The van der Waals surface area contributed by atoms with Gasteiger partial charge >= 0.3 is 0 Å². The van der Waals surface area contributed by atoms with Crippen molar-refractivity contribution in [1.82, 2.24) is 9.78 Å². The first kappa shape index (κ1) is 11.5. The molecule has 2 N–H and O–H groups in total. The van der Waals surface area contributed by atoms with Crippen LogP contribution in [-0.2, 0) is 0 Å². The highest BCUT2D eigenvalue weighted by atomic mass is 16.5. The van der Waals surface area contributed by atoms with Crippen molar-refractivity contribution < 1.29 is 4.74 Å². The van der Waals surface area contributed by atoms with Crippen LogP contribution in [0, 0.1) is 13.8 Å². The van der Waals surface area contributed by atoms with E-state index in [0.29, 0.717) is 12.4 Å². The highest BCUT2D eigenvalue weighted by molar-refractivity contribution is 5.53. The van der Waals surface area contributed by atoms with Crippen LogP contribution < -0.4 is 10.5 Å². The fraction of sp³-hybridized carbons (Fsp3) is 0.308. The monoisotopic (exact) mass is 231 g/mol. The summed E-state index contributed by atoms with van der Waals surface area (Å²) < 4.78 is 7.31. The van der Waals surface area contributed by atoms with Gasteiger partial charge in [0.15, 0.2) is 0 Å². The molecule has 1 aromatic heterocycles. The number of rotatable bonds is 3. The minimum absolute atomic E-state index is 0.619. The van der Waals surface area contributed by atoms with Crippen molar-refractivity contribution in [2.45, 2.75) is 20.8 Å². The lowest BCUT2D eigenvalue weighted by atomic mass is 10.2. The van der Waals surface area contributed by atoms with E-state index in [9.17, 15) is 0 Å². The van der Waals surface area contributed by atoms with Crippen molar-refractivity contribution in [1.29, 1.82) is 0 Å². The summed E-state index contributed by atoms with van der Waals surface area (Å²) in [5.41, 5.74) is 8.86. The molecule has 4 nitrogen and oxygen atoms in total. The Morgan fingerprint density at radius 1 is 1.29 bits per heavy atom. The Kier molecular flexibility index (Phi) is 3.04. The molecule has 0 fully saturated rings. The summed E-state index contributed by atoms with van der Waals surface area (Å²) in [5.74, 6) is 1.42. The number of nitrogen functional groups attached to an aromatic ring is 1. The summed E-state index contributed by atoms with van der Waals surface area (Å²) in [4.78, 5) is 0. The largest absolute Gasteiger partial charge is 0.492 e. The highest BCUT2D eigenvalue weighted by Gasteiger charge is 2.10. The summed E-state index contributed by atoms with van der Waals surface area (Å²) >= 11 is 0. The predicted molar refractivity (Wildman–Crippen MR) is 68.6 cm³/mol. The quantitative estimate of drug-likeness (QED) is 0.882. The van der Waals surface area contributed by atoms with Gasteiger partial charge in [-0.2, -0.15) is 5.10 Å². The first-order valence-electron chi connectivity index (χ1n) is 5.67. The van der Waals surface area contributed by atoms with Gasteiger partial charge in [0.05, 0.1) is 12.3 Å². The maximum atomic E-state index is 5.93. The second-order valence-electron chi connectivity index (χ2n) is 4.03. The molecule has 1 heterocycles. The standard InChI is InChI=1S/C13H17N3O/c1-4-17-12-6-5-9(2)7-11(12)16-13(14)8-10(3)15-16/h5-8H,4,14H2,1-3H3. The van der Waals surface area contributed by atoms with E-state index in [0.717, 1.165) is 22.7 Å². The van der Waals surface area contributed by atoms with Gasteiger partial charge in [0.2, 0.25) is 0 Å². The molecule has 0 radical (unpaired) electrons. The zero-order valence-electron chi connectivity index (χ0n) is 10.4. The maximum Gasteiger partial charge on any atom is 0.145 e. The van der Waals surface area contributed by atoms with Crippen LogP contribution in [0.25, 0.3) is 5.69 Å². The van der Waals surface area contributed by atoms with Crippen LogP contribution in [0.3, 0.4) is 0 Å². The van der Waals surface area contributed by atoms with Crippen molar-refractivity contribution in [3.05, 3.63) is 35.5 Å². The Morgan fingerprint density at radius 3 is 2.65 bits per heavy atom. The Labute approximate surface area is 101 Å². The minimum atomic E-state index is 0.619. The zero-order chi connectivity index (χ0) is 12.4. The molecule has 90 valence electrons. The fourth-order valence-electron chi connectivity index (χ4n) is 1.78. The van der Waals surface area contributed by atoms with E-state index in [1.165, 1.54) is 0 Å². The number of anilines is 1. The van der Waals surface area contributed by atoms with Gasteiger partial charge in [-0.05, 0) is 38.5 Å². The van der Waals surface area contributed by atoms with Gasteiger partial charge in [-0.3, -0.25) is 0 Å². The number of aryl methyl sites for hydroxylation is 2. The predicted octanol–water partition coefficient (Wildman–Crippen LogP) is 2.47. The molecule has 0 aliphatic carbocycles. The van der Waals surface area contributed by atoms with Crippen LogP contribution in [0.15, 0.2) is 24.3 Å². The molecule has 1 aromatic carbocycles. The van der Waals surface area contributed by atoms with Gasteiger partial charge in [0.25, 0.3) is 0 Å². The number of ether oxygens (including phenoxy) is 1. The lowest BCUT2D eigenvalue weighted by molar-refractivity contribution is 0.338. The number of benzene rings is 1. The number of aromatic nitrogens is 2. The Balaban J connectivity index is 2.56. The molecule has 2 aromatic rings. The summed E-state index contributed by atoms with van der Waals surface area (Å²) in [6.07, 6.45) is 0. The lowest BCUT2D eigenvalue weighted by Gasteiger charge is -2.12. The molecule has 0 bridgehead atoms. The minimum Gasteiger partial charge on any atom is -0.492 e. The van der Waals surface area contributed by atoms with Crippen LogP contribution in [0.2, 0.25) is 0 Å². The van der Waals surface area contributed by atoms with Crippen LogP contribution in [0.1, 0.15) is 18.2 Å². The van der Waals surface area contributed by atoms with E-state index in [2.05, 4.69) is 5.10 Å². The van der Waals surface area contributed by atoms with E-state index >= 15 is 0 Å². The van der Waals surface area contributed by atoms with E-state index in [1.807, 2.05) is 45.0 Å². The molecule has 0 aliphatic rings. The third-order valence-electron chi connectivity index (χ3n) is 2.50. The molecular weight excluding hydrogens is 214 g/mol. The normalized spacial score (nSPS) is 10.5. The van der Waals surface area contributed by atoms with Crippen LogP contribution in [0.4, 0.5) is 5.82 Å². The van der Waals surface area contributed by atoms with Gasteiger partial charge in [-0.1, -0.05) is 6.07 Å². The summed E-state index contributed by atoms with van der Waals surface area (Å²) in [6.45, 7) is 6.53. The fourth-order valence-corrected chi connectivity index (χ4v) is 1.78. The van der Waals surface area contributed by atoms with Crippen LogP contribution in [0.5, 0.6) is 5.75 Å². The Morgan fingerprint density at radius 2 is 2.06 bits per heavy atom. The number of hydrogen-bond acceptors (Lipinski definition) is 3. The smallest absolute Gasteiger partial charge is 0.145 e. The van der Waals surface area contributed by atoms with Crippen molar-refractivity contribution in [3.63, 3.8) is 0 Å². The molecule has 0 saturated heterocycles. The second-order valence-corrected chi connectivity index (χ2v) is 4.03. The van der Waals surface area contributed by atoms with Crippen molar-refractivity contribution in [2.24, 2.45) is 0 Å². The molecule has 0 unspecified atom stereocenters. The second kappa shape index (κ2) is 4.49. The van der Waals surface area contributed by atoms with E-state index in [1.54, 1.807) is 4.68 Å². The van der Waals surface area contributed by atoms with Gasteiger partial charge in [0, 0.05) is 6.07 Å². The van der Waals surface area contributed by atoms with Gasteiger partial charge in [-0.25, -0.2) is 4.68 Å². The molecule has 4 heteroatoms. The van der Waals surface area contributed by atoms with Crippen LogP contribution >= 0.6 is 0 Å². The molecule has 0 aliphatic heterocycles. The molecule has 0 spiro atoms. The molecule has 0 atom stereocenters. The van der Waals surface area contributed by atoms with Gasteiger partial charge in [0.1, 0.15) is 17.3 Å². The Hall–Kier alpha value is -1.97. The molecule has 17 heavy (non-hydrogen) atoms. The average Bonchev–Trinajstić information content (AvgIpc) is 2.61. The zero-order valence-corrected chi connectivity index (χ0v) is 10.4. The number of hydrogen-bond donors (Lipinski definition) is 1. The topological polar surface area (TPSA) is 53.1 Å². The SMILES string of the molecule is CCOc1ccc(C)cc1-n1nc(C)cc1N. The molecular formula is C13H17N3O. The lowest BCUT2D eigenvalue weighted by Crippen LogP contribution is -2.05. The third kappa shape index (κ3) is 2.25. The van der Waals surface area contributed by atoms with E-state index < -0.39 is 0 Å². The van der Waals surface area contributed by atoms with Crippen molar-refractivity contribution in [3.8, 4) is 11.4 Å². The molecule has 2 rings (SSSR count). The van der Waals surface area contributed by atoms with Gasteiger partial charge < -0.3 is 10.5 Å². The highest BCUT2D eigenvalue weighted by Crippen LogP contribution is 2.26. The van der Waals surface area contributed by atoms with Gasteiger partial charge in [-0.15, -0.1) is 0 Å². The summed E-state index contributed by atoms with van der Waals surface area (Å²) in [5, 5.41) is 4.38. The van der Waals surface area contributed by atoms with E-state index in [-0.39, 0.29) is 0 Å². The summed E-state index contributed by atoms with van der Waals surface area (Å²) in [6, 6.07) is 7.83. The first-order valence-corrected chi connectivity index (χ1v) is 5.67. The molecule has 0 saturated carbocycles. The Bertz CT molecular complexity index is 531. The first-order chi connectivity index (χ1) is 8.11. The van der Waals surface area contributed by atoms with Crippen LogP contribution in [-0.4, -0.2) is 16.4 Å². The summed E-state index contributed by atoms with van der Waals surface area (Å²) in [7, 11) is 0.